The van der Waals surface area contributed by atoms with Crippen molar-refractivity contribution in [1.29, 1.82) is 0 Å². The van der Waals surface area contributed by atoms with E-state index >= 15 is 0 Å². The summed E-state index contributed by atoms with van der Waals surface area (Å²) < 4.78 is 5.31. The number of ether oxygens (including phenoxy) is 1. The van der Waals surface area contributed by atoms with E-state index in [1.165, 1.54) is 0 Å². The molecule has 0 aliphatic heterocycles. The fourth-order valence-electron chi connectivity index (χ4n) is 1.90. The van der Waals surface area contributed by atoms with Crippen molar-refractivity contribution in [3.63, 3.8) is 0 Å². The SMILES string of the molecule is C[C@@H]1CC[C@@](N)(C(=O)OC(C)(C)C)C1. The number of esters is 1. The summed E-state index contributed by atoms with van der Waals surface area (Å²) in [5.41, 5.74) is 4.86. The molecule has 0 aromatic rings. The van der Waals surface area contributed by atoms with Crippen molar-refractivity contribution in [3.05, 3.63) is 0 Å². The Bertz CT molecular complexity index is 232. The third-order valence-corrected chi connectivity index (χ3v) is 2.60. The van der Waals surface area contributed by atoms with E-state index in [2.05, 4.69) is 6.92 Å². The van der Waals surface area contributed by atoms with Gasteiger partial charge in [0.05, 0.1) is 0 Å². The predicted octanol–water partition coefficient (Wildman–Crippen LogP) is 1.85. The van der Waals surface area contributed by atoms with E-state index in [0.29, 0.717) is 5.92 Å². The molecule has 0 aromatic carbocycles. The van der Waals surface area contributed by atoms with Gasteiger partial charge in [-0.25, -0.2) is 0 Å². The van der Waals surface area contributed by atoms with Crippen molar-refractivity contribution in [3.8, 4) is 0 Å². The zero-order valence-corrected chi connectivity index (χ0v) is 9.59. The van der Waals surface area contributed by atoms with E-state index in [4.69, 9.17) is 10.5 Å². The highest BCUT2D eigenvalue weighted by molar-refractivity contribution is 5.81. The first kappa shape index (κ1) is 11.5. The molecule has 3 heteroatoms. The summed E-state index contributed by atoms with van der Waals surface area (Å²) in [5.74, 6) is 0.293. The Balaban J connectivity index is 2.61. The lowest BCUT2D eigenvalue weighted by Crippen LogP contribution is -2.49. The molecule has 0 spiro atoms. The average molecular weight is 199 g/mol. The van der Waals surface area contributed by atoms with E-state index < -0.39 is 11.1 Å². The quantitative estimate of drug-likeness (QED) is 0.656. The Hall–Kier alpha value is -0.570. The second-order valence-electron chi connectivity index (χ2n) is 5.51. The molecular formula is C11H21NO2. The predicted molar refractivity (Wildman–Crippen MR) is 55.8 cm³/mol. The van der Waals surface area contributed by atoms with Gasteiger partial charge in [0.2, 0.25) is 0 Å². The zero-order valence-electron chi connectivity index (χ0n) is 9.59. The van der Waals surface area contributed by atoms with E-state index in [0.717, 1.165) is 19.3 Å². The Morgan fingerprint density at radius 2 is 2.07 bits per heavy atom. The molecular weight excluding hydrogens is 178 g/mol. The molecule has 1 aliphatic rings. The molecule has 1 fully saturated rings. The van der Waals surface area contributed by atoms with Crippen molar-refractivity contribution in [2.45, 2.75) is 58.1 Å². The van der Waals surface area contributed by atoms with Crippen molar-refractivity contribution in [2.24, 2.45) is 11.7 Å². The first-order valence-corrected chi connectivity index (χ1v) is 5.25. The molecule has 0 amide bonds. The Labute approximate surface area is 86.0 Å². The minimum absolute atomic E-state index is 0.241. The second-order valence-corrected chi connectivity index (χ2v) is 5.51. The zero-order chi connectivity index (χ0) is 11.0. The maximum atomic E-state index is 11.8. The average Bonchev–Trinajstić information content (AvgIpc) is 2.29. The summed E-state index contributed by atoms with van der Waals surface area (Å²) in [6, 6.07) is 0. The standard InChI is InChI=1S/C11H21NO2/c1-8-5-6-11(12,7-8)9(13)14-10(2,3)4/h8H,5-7,12H2,1-4H3/t8-,11+/m1/s1. The van der Waals surface area contributed by atoms with Crippen molar-refractivity contribution >= 4 is 5.97 Å². The van der Waals surface area contributed by atoms with Gasteiger partial charge in [0.15, 0.2) is 0 Å². The summed E-state index contributed by atoms with van der Waals surface area (Å²) in [6.07, 6.45) is 2.53. The molecule has 1 saturated carbocycles. The second kappa shape index (κ2) is 3.54. The topological polar surface area (TPSA) is 52.3 Å². The van der Waals surface area contributed by atoms with E-state index in [1.807, 2.05) is 20.8 Å². The van der Waals surface area contributed by atoms with Gasteiger partial charge >= 0.3 is 5.97 Å². The minimum Gasteiger partial charge on any atom is -0.459 e. The molecule has 1 aliphatic carbocycles. The molecule has 3 nitrogen and oxygen atoms in total. The monoisotopic (exact) mass is 199 g/mol. The van der Waals surface area contributed by atoms with Crippen LogP contribution in [-0.2, 0) is 9.53 Å². The molecule has 0 radical (unpaired) electrons. The van der Waals surface area contributed by atoms with E-state index in [-0.39, 0.29) is 5.97 Å². The summed E-state index contributed by atoms with van der Waals surface area (Å²) in [6.45, 7) is 7.73. The highest BCUT2D eigenvalue weighted by atomic mass is 16.6. The molecule has 0 heterocycles. The van der Waals surface area contributed by atoms with Crippen LogP contribution in [0.4, 0.5) is 0 Å². The summed E-state index contributed by atoms with van der Waals surface area (Å²) in [4.78, 5) is 11.8. The van der Waals surface area contributed by atoms with Gasteiger partial charge in [0.1, 0.15) is 11.1 Å². The van der Waals surface area contributed by atoms with Crippen LogP contribution in [0.1, 0.15) is 47.0 Å². The third kappa shape index (κ3) is 2.71. The van der Waals surface area contributed by atoms with Gasteiger partial charge in [-0.2, -0.15) is 0 Å². The number of rotatable bonds is 1. The maximum absolute atomic E-state index is 11.8. The highest BCUT2D eigenvalue weighted by Gasteiger charge is 2.43. The van der Waals surface area contributed by atoms with Crippen LogP contribution in [0.2, 0.25) is 0 Å². The lowest BCUT2D eigenvalue weighted by atomic mass is 9.97. The third-order valence-electron chi connectivity index (χ3n) is 2.60. The largest absolute Gasteiger partial charge is 0.459 e. The molecule has 82 valence electrons. The minimum atomic E-state index is -0.729. The number of carbonyl (C=O) groups is 1. The van der Waals surface area contributed by atoms with E-state index in [9.17, 15) is 4.79 Å². The van der Waals surface area contributed by atoms with Crippen LogP contribution in [0.5, 0.6) is 0 Å². The van der Waals surface area contributed by atoms with Gasteiger partial charge in [-0.3, -0.25) is 4.79 Å². The van der Waals surface area contributed by atoms with Crippen LogP contribution in [0.3, 0.4) is 0 Å². The molecule has 0 unspecified atom stereocenters. The normalized spacial score (nSPS) is 33.1. The number of nitrogens with two attached hydrogens (primary N) is 1. The van der Waals surface area contributed by atoms with Crippen LogP contribution in [0.15, 0.2) is 0 Å². The molecule has 0 aromatic heterocycles. The van der Waals surface area contributed by atoms with Crippen LogP contribution < -0.4 is 5.73 Å². The van der Waals surface area contributed by atoms with Crippen molar-refractivity contribution in [1.82, 2.24) is 0 Å². The van der Waals surface area contributed by atoms with Crippen LogP contribution in [-0.4, -0.2) is 17.1 Å². The lowest BCUT2D eigenvalue weighted by molar-refractivity contribution is -0.161. The van der Waals surface area contributed by atoms with Crippen LogP contribution in [0.25, 0.3) is 0 Å². The van der Waals surface area contributed by atoms with Gasteiger partial charge in [-0.05, 0) is 46.0 Å². The molecule has 0 bridgehead atoms. The molecule has 1 rings (SSSR count). The Morgan fingerprint density at radius 1 is 1.50 bits per heavy atom. The fraction of sp³-hybridized carbons (Fsp3) is 0.909. The van der Waals surface area contributed by atoms with Gasteiger partial charge in [0, 0.05) is 0 Å². The Kier molecular flexibility index (Phi) is 2.91. The summed E-state index contributed by atoms with van der Waals surface area (Å²) in [5, 5.41) is 0. The number of hydrogen-bond donors (Lipinski definition) is 1. The van der Waals surface area contributed by atoms with Gasteiger partial charge < -0.3 is 10.5 Å². The Morgan fingerprint density at radius 3 is 2.43 bits per heavy atom. The first-order valence-electron chi connectivity index (χ1n) is 5.25. The highest BCUT2D eigenvalue weighted by Crippen LogP contribution is 2.34. The number of carbonyl (C=O) groups excluding carboxylic acids is 1. The number of hydrogen-bond acceptors (Lipinski definition) is 3. The molecule has 14 heavy (non-hydrogen) atoms. The van der Waals surface area contributed by atoms with Crippen molar-refractivity contribution < 1.29 is 9.53 Å². The van der Waals surface area contributed by atoms with Gasteiger partial charge in [-0.1, -0.05) is 6.92 Å². The van der Waals surface area contributed by atoms with E-state index in [1.54, 1.807) is 0 Å². The van der Waals surface area contributed by atoms with Crippen LogP contribution >= 0.6 is 0 Å². The maximum Gasteiger partial charge on any atom is 0.326 e. The van der Waals surface area contributed by atoms with Gasteiger partial charge in [-0.15, -0.1) is 0 Å². The smallest absolute Gasteiger partial charge is 0.326 e. The first-order chi connectivity index (χ1) is 6.23. The molecule has 2 N–H and O–H groups in total. The lowest BCUT2D eigenvalue weighted by Gasteiger charge is -2.28. The molecule has 2 atom stereocenters. The molecule has 0 saturated heterocycles. The van der Waals surface area contributed by atoms with Gasteiger partial charge in [0.25, 0.3) is 0 Å². The summed E-state index contributed by atoms with van der Waals surface area (Å²) in [7, 11) is 0. The summed E-state index contributed by atoms with van der Waals surface area (Å²) >= 11 is 0. The van der Waals surface area contributed by atoms with Crippen molar-refractivity contribution in [2.75, 3.05) is 0 Å². The van der Waals surface area contributed by atoms with Crippen LogP contribution in [0, 0.1) is 5.92 Å². The fourth-order valence-corrected chi connectivity index (χ4v) is 1.90.